The lowest BCUT2D eigenvalue weighted by Gasteiger charge is -2.31. The molecule has 8 nitrogen and oxygen atoms in total. The number of aryl methyl sites for hydroxylation is 2. The van der Waals surface area contributed by atoms with Crippen LogP contribution in [0.1, 0.15) is 37.3 Å². The molecule has 168 valence electrons. The summed E-state index contributed by atoms with van der Waals surface area (Å²) in [5.41, 5.74) is 2.08. The minimum atomic E-state index is 0.185. The fourth-order valence-corrected chi connectivity index (χ4v) is 4.53. The molecule has 2 aromatic heterocycles. The first kappa shape index (κ1) is 20.9. The molecule has 0 bridgehead atoms. The molecule has 0 atom stereocenters. The van der Waals surface area contributed by atoms with Crippen LogP contribution in [0.4, 0.5) is 11.5 Å². The molecule has 2 aliphatic rings. The summed E-state index contributed by atoms with van der Waals surface area (Å²) < 4.78 is 12.1. The highest BCUT2D eigenvalue weighted by Gasteiger charge is 2.24. The molecule has 3 heterocycles. The number of rotatable bonds is 5. The Morgan fingerprint density at radius 2 is 1.78 bits per heavy atom. The van der Waals surface area contributed by atoms with Crippen LogP contribution in [0.5, 0.6) is 5.75 Å². The van der Waals surface area contributed by atoms with E-state index in [9.17, 15) is 0 Å². The van der Waals surface area contributed by atoms with Gasteiger partial charge in [0.15, 0.2) is 0 Å². The SMILES string of the molecule is Cc1nccc(NC2CCC(Oc3cc(N4CCOCC4)cc4nc(C)ncc34)CC2)n1. The predicted molar refractivity (Wildman–Crippen MR) is 124 cm³/mol. The van der Waals surface area contributed by atoms with Crippen LogP contribution >= 0.6 is 0 Å². The molecule has 0 radical (unpaired) electrons. The van der Waals surface area contributed by atoms with Crippen LogP contribution in [0.2, 0.25) is 0 Å². The zero-order valence-electron chi connectivity index (χ0n) is 18.8. The fraction of sp³-hybridized carbons (Fsp3) is 0.500. The number of morpholine rings is 1. The van der Waals surface area contributed by atoms with E-state index in [2.05, 4.69) is 42.3 Å². The third-order valence-corrected chi connectivity index (χ3v) is 6.24. The molecule has 1 saturated heterocycles. The smallest absolute Gasteiger partial charge is 0.132 e. The molecule has 0 spiro atoms. The first-order chi connectivity index (χ1) is 15.6. The molecular formula is C24H30N6O2. The number of benzene rings is 1. The van der Waals surface area contributed by atoms with Gasteiger partial charge in [-0.2, -0.15) is 0 Å². The largest absolute Gasteiger partial charge is 0.490 e. The minimum absolute atomic E-state index is 0.185. The number of hydrogen-bond acceptors (Lipinski definition) is 8. The molecule has 1 aromatic carbocycles. The Morgan fingerprint density at radius 1 is 1.00 bits per heavy atom. The van der Waals surface area contributed by atoms with Crippen molar-refractivity contribution in [2.45, 2.75) is 51.7 Å². The van der Waals surface area contributed by atoms with E-state index < -0.39 is 0 Å². The molecule has 1 saturated carbocycles. The van der Waals surface area contributed by atoms with Gasteiger partial charge >= 0.3 is 0 Å². The summed E-state index contributed by atoms with van der Waals surface area (Å²) >= 11 is 0. The van der Waals surface area contributed by atoms with Crippen molar-refractivity contribution in [1.29, 1.82) is 0 Å². The Labute approximate surface area is 188 Å². The molecule has 32 heavy (non-hydrogen) atoms. The molecular weight excluding hydrogens is 404 g/mol. The van der Waals surface area contributed by atoms with Crippen molar-refractivity contribution in [1.82, 2.24) is 19.9 Å². The molecule has 0 amide bonds. The normalized spacial score (nSPS) is 21.5. The lowest BCUT2D eigenvalue weighted by molar-refractivity contribution is 0.122. The van der Waals surface area contributed by atoms with E-state index in [1.807, 2.05) is 26.1 Å². The minimum Gasteiger partial charge on any atom is -0.490 e. The van der Waals surface area contributed by atoms with Gasteiger partial charge in [0, 0.05) is 43.3 Å². The zero-order chi connectivity index (χ0) is 21.9. The highest BCUT2D eigenvalue weighted by Crippen LogP contribution is 2.34. The molecule has 8 heteroatoms. The van der Waals surface area contributed by atoms with E-state index in [0.29, 0.717) is 6.04 Å². The second-order valence-electron chi connectivity index (χ2n) is 8.62. The fourth-order valence-electron chi connectivity index (χ4n) is 4.53. The number of nitrogens with one attached hydrogen (secondary N) is 1. The van der Waals surface area contributed by atoms with E-state index in [0.717, 1.165) is 91.8 Å². The Morgan fingerprint density at radius 3 is 2.56 bits per heavy atom. The quantitative estimate of drug-likeness (QED) is 0.651. The summed E-state index contributed by atoms with van der Waals surface area (Å²) in [7, 11) is 0. The van der Waals surface area contributed by atoms with Crippen molar-refractivity contribution in [2.75, 3.05) is 36.5 Å². The molecule has 0 unspecified atom stereocenters. The van der Waals surface area contributed by atoms with E-state index in [4.69, 9.17) is 9.47 Å². The summed E-state index contributed by atoms with van der Waals surface area (Å²) in [4.78, 5) is 20.1. The molecule has 1 N–H and O–H groups in total. The molecule has 5 rings (SSSR count). The van der Waals surface area contributed by atoms with Crippen LogP contribution in [0.25, 0.3) is 10.9 Å². The highest BCUT2D eigenvalue weighted by molar-refractivity contribution is 5.88. The first-order valence-corrected chi connectivity index (χ1v) is 11.5. The molecule has 2 fully saturated rings. The van der Waals surface area contributed by atoms with Crippen molar-refractivity contribution in [2.24, 2.45) is 0 Å². The van der Waals surface area contributed by atoms with E-state index in [1.54, 1.807) is 6.20 Å². The maximum absolute atomic E-state index is 6.57. The summed E-state index contributed by atoms with van der Waals surface area (Å²) in [5.74, 6) is 3.34. The van der Waals surface area contributed by atoms with Gasteiger partial charge in [-0.05, 0) is 51.7 Å². The van der Waals surface area contributed by atoms with Gasteiger partial charge in [0.25, 0.3) is 0 Å². The van der Waals surface area contributed by atoms with Crippen LogP contribution in [0.15, 0.2) is 30.6 Å². The second-order valence-corrected chi connectivity index (χ2v) is 8.62. The summed E-state index contributed by atoms with van der Waals surface area (Å²) in [6.45, 7) is 7.10. The van der Waals surface area contributed by atoms with Crippen LogP contribution in [0, 0.1) is 13.8 Å². The highest BCUT2D eigenvalue weighted by atomic mass is 16.5. The summed E-state index contributed by atoms with van der Waals surface area (Å²) in [5, 5.41) is 4.53. The van der Waals surface area contributed by atoms with Gasteiger partial charge in [-0.3, -0.25) is 0 Å². The summed E-state index contributed by atoms with van der Waals surface area (Å²) in [6, 6.07) is 6.64. The molecule has 3 aromatic rings. The van der Waals surface area contributed by atoms with Gasteiger partial charge in [0.1, 0.15) is 23.2 Å². The van der Waals surface area contributed by atoms with Gasteiger partial charge in [-0.25, -0.2) is 19.9 Å². The standard InChI is InChI=1S/C24H30N6O2/c1-16-25-8-7-24(28-16)29-18-3-5-20(6-4-18)32-23-14-19(30-9-11-31-12-10-30)13-22-21(23)15-26-17(2)27-22/h7-8,13-15,18,20H,3-6,9-12H2,1-2H3,(H,25,28,29). The van der Waals surface area contributed by atoms with Crippen LogP contribution < -0.4 is 15.0 Å². The monoisotopic (exact) mass is 434 g/mol. The van der Waals surface area contributed by atoms with Crippen molar-refractivity contribution < 1.29 is 9.47 Å². The van der Waals surface area contributed by atoms with Gasteiger partial charge in [-0.1, -0.05) is 0 Å². The Hall–Kier alpha value is -3.00. The van der Waals surface area contributed by atoms with Crippen molar-refractivity contribution >= 4 is 22.4 Å². The predicted octanol–water partition coefficient (Wildman–Crippen LogP) is 3.68. The van der Waals surface area contributed by atoms with Crippen LogP contribution in [-0.4, -0.2) is 58.4 Å². The Bertz CT molecular complexity index is 1080. The van der Waals surface area contributed by atoms with Crippen molar-refractivity contribution in [3.63, 3.8) is 0 Å². The second kappa shape index (κ2) is 9.24. The number of anilines is 2. The number of nitrogens with zero attached hydrogens (tertiary/aromatic N) is 5. The number of aromatic nitrogens is 4. The van der Waals surface area contributed by atoms with Crippen molar-refractivity contribution in [3.05, 3.63) is 42.2 Å². The number of ether oxygens (including phenoxy) is 2. The van der Waals surface area contributed by atoms with E-state index >= 15 is 0 Å². The average Bonchev–Trinajstić information content (AvgIpc) is 2.80. The number of fused-ring (bicyclic) bond motifs is 1. The van der Waals surface area contributed by atoms with Crippen LogP contribution in [-0.2, 0) is 4.74 Å². The maximum atomic E-state index is 6.57. The van der Waals surface area contributed by atoms with Crippen molar-refractivity contribution in [3.8, 4) is 5.75 Å². The van der Waals surface area contributed by atoms with Gasteiger partial charge in [-0.15, -0.1) is 0 Å². The van der Waals surface area contributed by atoms with E-state index in [-0.39, 0.29) is 6.10 Å². The Kier molecular flexibility index (Phi) is 6.03. The average molecular weight is 435 g/mol. The maximum Gasteiger partial charge on any atom is 0.132 e. The number of hydrogen-bond donors (Lipinski definition) is 1. The zero-order valence-corrected chi connectivity index (χ0v) is 18.8. The summed E-state index contributed by atoms with van der Waals surface area (Å²) in [6.07, 6.45) is 7.96. The van der Waals surface area contributed by atoms with E-state index in [1.165, 1.54) is 0 Å². The molecule has 1 aliphatic carbocycles. The first-order valence-electron chi connectivity index (χ1n) is 11.5. The van der Waals surface area contributed by atoms with Gasteiger partial charge in [0.2, 0.25) is 0 Å². The van der Waals surface area contributed by atoms with Gasteiger partial charge < -0.3 is 19.7 Å². The third kappa shape index (κ3) is 4.75. The Balaban J connectivity index is 1.30. The topological polar surface area (TPSA) is 85.3 Å². The van der Waals surface area contributed by atoms with Crippen LogP contribution in [0.3, 0.4) is 0 Å². The lowest BCUT2D eigenvalue weighted by Crippen LogP contribution is -2.36. The third-order valence-electron chi connectivity index (χ3n) is 6.24. The lowest BCUT2D eigenvalue weighted by atomic mass is 9.93. The molecule has 1 aliphatic heterocycles. The van der Waals surface area contributed by atoms with Gasteiger partial charge in [0.05, 0.1) is 30.2 Å².